The number of phenols is 1. The lowest BCUT2D eigenvalue weighted by atomic mass is 10.1. The number of carbonyl (C=O) groups excluding carboxylic acids is 2. The number of aromatic hydroxyl groups is 1. The van der Waals surface area contributed by atoms with Gasteiger partial charge >= 0.3 is 0 Å². The van der Waals surface area contributed by atoms with Crippen molar-refractivity contribution in [1.29, 1.82) is 0 Å². The Bertz CT molecular complexity index is 1060. The Labute approximate surface area is 180 Å². The minimum Gasteiger partial charge on any atom is -0.506 e. The van der Waals surface area contributed by atoms with Crippen LogP contribution in [0.2, 0.25) is 0 Å². The van der Waals surface area contributed by atoms with E-state index < -0.39 is 28.6 Å². The summed E-state index contributed by atoms with van der Waals surface area (Å²) < 4.78 is 36.3. The van der Waals surface area contributed by atoms with Crippen molar-refractivity contribution in [2.24, 2.45) is 0 Å². The first-order chi connectivity index (χ1) is 14.9. The van der Waals surface area contributed by atoms with Crippen LogP contribution in [0.25, 0.3) is 10.8 Å². The lowest BCUT2D eigenvalue weighted by Gasteiger charge is -2.39. The van der Waals surface area contributed by atoms with E-state index in [0.29, 0.717) is 30.8 Å². The molecule has 0 saturated carbocycles. The van der Waals surface area contributed by atoms with E-state index in [2.05, 4.69) is 10.0 Å². The Morgan fingerprint density at radius 1 is 1.39 bits per heavy atom. The van der Waals surface area contributed by atoms with E-state index in [-0.39, 0.29) is 29.6 Å². The van der Waals surface area contributed by atoms with E-state index >= 15 is 4.39 Å². The number of rotatable bonds is 7. The average Bonchev–Trinajstić information content (AvgIpc) is 3.02. The number of amides is 2. The van der Waals surface area contributed by atoms with Crippen molar-refractivity contribution in [2.75, 3.05) is 37.0 Å². The van der Waals surface area contributed by atoms with Gasteiger partial charge in [-0.3, -0.25) is 18.6 Å². The van der Waals surface area contributed by atoms with Crippen molar-refractivity contribution in [3.05, 3.63) is 30.1 Å². The van der Waals surface area contributed by atoms with Gasteiger partial charge in [0, 0.05) is 5.39 Å². The fraction of sp³-hybridized carbons (Fsp3) is 0.400. The van der Waals surface area contributed by atoms with Crippen molar-refractivity contribution in [1.82, 2.24) is 14.9 Å². The van der Waals surface area contributed by atoms with Crippen LogP contribution in [0, 0.1) is 5.82 Å². The number of nitrogens with zero attached hydrogens (tertiary/aromatic N) is 2. The molecule has 0 radical (unpaired) electrons. The fourth-order valence-corrected chi connectivity index (χ4v) is 4.49. The molecule has 31 heavy (non-hydrogen) atoms. The van der Waals surface area contributed by atoms with Crippen molar-refractivity contribution >= 4 is 39.4 Å². The first-order valence-electron chi connectivity index (χ1n) is 9.96. The minimum atomic E-state index is -1.96. The summed E-state index contributed by atoms with van der Waals surface area (Å²) in [4.78, 5) is 25.2. The quantitative estimate of drug-likeness (QED) is 0.538. The summed E-state index contributed by atoms with van der Waals surface area (Å²) >= 11 is -1.96. The molecule has 1 unspecified atom stereocenters. The monoisotopic (exact) mass is 450 g/mol. The number of carbonyl (C=O) groups is 2. The number of halogens is 1. The standard InChI is InChI=1S/C20H23FN4O5S/c1-2-5-22-8-18(28)24-9-14(10-24)30-13-4-3-12-6-16(26)20(19(21)15(12)7-13)25-11-17(27)23-31(25)29/h3-4,6-7,14,22,26H,2,5,8-11H2,1H3,(H,23,27). The largest absolute Gasteiger partial charge is 0.506 e. The summed E-state index contributed by atoms with van der Waals surface area (Å²) in [6.45, 7) is 3.70. The fourth-order valence-electron chi connectivity index (χ4n) is 3.55. The number of fused-ring (bicyclic) bond motifs is 1. The SMILES string of the molecule is CCCNCC(=O)N1CC(Oc2ccc3cc(O)c(N4CC(=O)NS4=O)c(F)c3c2)C1. The molecule has 3 N–H and O–H groups in total. The smallest absolute Gasteiger partial charge is 0.253 e. The molecule has 2 aromatic rings. The highest BCUT2D eigenvalue weighted by Crippen LogP contribution is 2.39. The number of nitrogens with one attached hydrogen (secondary N) is 2. The van der Waals surface area contributed by atoms with Crippen LogP contribution in [0.1, 0.15) is 13.3 Å². The summed E-state index contributed by atoms with van der Waals surface area (Å²) in [6, 6.07) is 6.12. The number of ether oxygens (including phenoxy) is 1. The minimum absolute atomic E-state index is 0.0137. The Hall–Kier alpha value is -2.92. The van der Waals surface area contributed by atoms with Crippen molar-refractivity contribution < 1.29 is 28.0 Å². The molecule has 2 saturated heterocycles. The molecule has 0 bridgehead atoms. The molecular formula is C20H23FN4O5S. The zero-order valence-corrected chi connectivity index (χ0v) is 17.7. The number of likely N-dealkylation sites (tertiary alicyclic amines) is 1. The maximum absolute atomic E-state index is 15.2. The van der Waals surface area contributed by atoms with E-state index in [4.69, 9.17) is 4.74 Å². The summed E-state index contributed by atoms with van der Waals surface area (Å²) in [5.41, 5.74) is -0.304. The first-order valence-corrected chi connectivity index (χ1v) is 11.1. The highest BCUT2D eigenvalue weighted by atomic mass is 32.2. The van der Waals surface area contributed by atoms with Crippen LogP contribution in [0.15, 0.2) is 24.3 Å². The van der Waals surface area contributed by atoms with Gasteiger partial charge in [-0.15, -0.1) is 0 Å². The van der Waals surface area contributed by atoms with Gasteiger partial charge in [-0.1, -0.05) is 13.0 Å². The third kappa shape index (κ3) is 4.28. The lowest BCUT2D eigenvalue weighted by Crippen LogP contribution is -2.57. The van der Waals surface area contributed by atoms with E-state index in [9.17, 15) is 18.9 Å². The number of hydrogen-bond acceptors (Lipinski definition) is 6. The molecule has 2 aliphatic heterocycles. The number of anilines is 1. The van der Waals surface area contributed by atoms with Gasteiger partial charge in [0.1, 0.15) is 29.8 Å². The Balaban J connectivity index is 1.48. The Morgan fingerprint density at radius 3 is 2.84 bits per heavy atom. The van der Waals surface area contributed by atoms with Gasteiger partial charge < -0.3 is 20.1 Å². The molecule has 2 fully saturated rings. The Kier molecular flexibility index (Phi) is 5.96. The Morgan fingerprint density at radius 2 is 2.16 bits per heavy atom. The molecule has 2 amide bonds. The maximum Gasteiger partial charge on any atom is 0.253 e. The second-order valence-electron chi connectivity index (χ2n) is 7.47. The van der Waals surface area contributed by atoms with Crippen LogP contribution in [0.4, 0.5) is 10.1 Å². The van der Waals surface area contributed by atoms with E-state index in [1.54, 1.807) is 17.0 Å². The molecule has 2 heterocycles. The van der Waals surface area contributed by atoms with Gasteiger partial charge in [0.25, 0.3) is 5.91 Å². The van der Waals surface area contributed by atoms with E-state index in [0.717, 1.165) is 17.3 Å². The molecular weight excluding hydrogens is 427 g/mol. The average molecular weight is 450 g/mol. The number of phenolic OH excluding ortho intramolecular Hbond substituents is 1. The zero-order chi connectivity index (χ0) is 22.1. The molecule has 4 rings (SSSR count). The highest BCUT2D eigenvalue weighted by molar-refractivity contribution is 7.85. The van der Waals surface area contributed by atoms with Gasteiger partial charge in [-0.05, 0) is 36.6 Å². The zero-order valence-electron chi connectivity index (χ0n) is 16.9. The van der Waals surface area contributed by atoms with Crippen LogP contribution in [-0.2, 0) is 20.8 Å². The van der Waals surface area contributed by atoms with Crippen molar-refractivity contribution in [3.63, 3.8) is 0 Å². The van der Waals surface area contributed by atoms with Crippen molar-refractivity contribution in [2.45, 2.75) is 19.4 Å². The van der Waals surface area contributed by atoms with E-state index in [1.165, 1.54) is 12.1 Å². The molecule has 2 aliphatic rings. The molecule has 2 aromatic carbocycles. The summed E-state index contributed by atoms with van der Waals surface area (Å²) in [5, 5.41) is 13.9. The van der Waals surface area contributed by atoms with Crippen LogP contribution >= 0.6 is 0 Å². The maximum atomic E-state index is 15.2. The summed E-state index contributed by atoms with van der Waals surface area (Å²) in [5.74, 6) is -1.30. The molecule has 9 nitrogen and oxygen atoms in total. The van der Waals surface area contributed by atoms with E-state index in [1.807, 2.05) is 6.92 Å². The first kappa shape index (κ1) is 21.3. The number of benzene rings is 2. The van der Waals surface area contributed by atoms with Gasteiger partial charge in [0.05, 0.1) is 19.6 Å². The van der Waals surface area contributed by atoms with Crippen LogP contribution in [0.3, 0.4) is 0 Å². The van der Waals surface area contributed by atoms with Crippen LogP contribution in [0.5, 0.6) is 11.5 Å². The molecule has 166 valence electrons. The second-order valence-corrected chi connectivity index (χ2v) is 8.61. The number of hydrogen-bond donors (Lipinski definition) is 3. The van der Waals surface area contributed by atoms with Crippen LogP contribution < -0.4 is 19.1 Å². The summed E-state index contributed by atoms with van der Waals surface area (Å²) in [7, 11) is 0. The second kappa shape index (κ2) is 8.67. The third-order valence-electron chi connectivity index (χ3n) is 5.15. The van der Waals surface area contributed by atoms with Gasteiger partial charge in [0.2, 0.25) is 17.1 Å². The highest BCUT2D eigenvalue weighted by Gasteiger charge is 2.33. The van der Waals surface area contributed by atoms with Gasteiger partial charge in [-0.25, -0.2) is 8.60 Å². The van der Waals surface area contributed by atoms with Crippen LogP contribution in [-0.4, -0.2) is 64.9 Å². The van der Waals surface area contributed by atoms with Gasteiger partial charge in [-0.2, -0.15) is 0 Å². The predicted molar refractivity (Wildman–Crippen MR) is 113 cm³/mol. The lowest BCUT2D eigenvalue weighted by molar-refractivity contribution is -0.138. The summed E-state index contributed by atoms with van der Waals surface area (Å²) in [6.07, 6.45) is 0.762. The molecule has 1 atom stereocenters. The molecule has 11 heteroatoms. The molecule has 0 aliphatic carbocycles. The third-order valence-corrected chi connectivity index (χ3v) is 6.26. The normalized spacial score (nSPS) is 18.9. The molecule has 0 aromatic heterocycles. The topological polar surface area (TPSA) is 111 Å². The molecule has 0 spiro atoms. The van der Waals surface area contributed by atoms with Gasteiger partial charge in [0.15, 0.2) is 5.82 Å². The predicted octanol–water partition coefficient (Wildman–Crippen LogP) is 0.789. The van der Waals surface area contributed by atoms with Crippen molar-refractivity contribution in [3.8, 4) is 11.5 Å².